The quantitative estimate of drug-likeness (QED) is 0.765. The molecule has 0 aliphatic heterocycles. The molecule has 0 aromatic heterocycles. The lowest BCUT2D eigenvalue weighted by Gasteiger charge is -2.15. The summed E-state index contributed by atoms with van der Waals surface area (Å²) >= 11 is 0. The number of hydrogen-bond acceptors (Lipinski definition) is 3. The number of carbonyl (C=O) groups is 1. The maximum Gasteiger partial charge on any atom is 0.224 e. The predicted octanol–water partition coefficient (Wildman–Crippen LogP) is 1.23. The molecule has 4 heteroatoms. The van der Waals surface area contributed by atoms with Crippen molar-refractivity contribution in [2.75, 3.05) is 13.7 Å². The van der Waals surface area contributed by atoms with Crippen molar-refractivity contribution in [3.05, 3.63) is 35.4 Å². The third-order valence-corrected chi connectivity index (χ3v) is 2.85. The molecule has 0 saturated heterocycles. The van der Waals surface area contributed by atoms with Crippen LogP contribution < -0.4 is 11.1 Å². The second kappa shape index (κ2) is 7.84. The maximum absolute atomic E-state index is 11.8. The predicted molar refractivity (Wildman–Crippen MR) is 72.1 cm³/mol. The molecule has 18 heavy (non-hydrogen) atoms. The third-order valence-electron chi connectivity index (χ3n) is 2.85. The van der Waals surface area contributed by atoms with Crippen LogP contribution in [0.15, 0.2) is 24.3 Å². The minimum Gasteiger partial charge on any atom is -0.383 e. The second-order valence-electron chi connectivity index (χ2n) is 4.33. The van der Waals surface area contributed by atoms with Gasteiger partial charge >= 0.3 is 0 Å². The van der Waals surface area contributed by atoms with Crippen molar-refractivity contribution in [1.29, 1.82) is 0 Å². The van der Waals surface area contributed by atoms with Gasteiger partial charge in [-0.15, -0.1) is 0 Å². The summed E-state index contributed by atoms with van der Waals surface area (Å²) in [5.41, 5.74) is 7.60. The summed E-state index contributed by atoms with van der Waals surface area (Å²) in [4.78, 5) is 11.8. The molecule has 0 radical (unpaired) electrons. The topological polar surface area (TPSA) is 64.3 Å². The largest absolute Gasteiger partial charge is 0.383 e. The van der Waals surface area contributed by atoms with E-state index in [0.717, 1.165) is 17.5 Å². The molecule has 3 N–H and O–H groups in total. The highest BCUT2D eigenvalue weighted by molar-refractivity contribution is 5.78. The first-order valence-electron chi connectivity index (χ1n) is 6.25. The lowest BCUT2D eigenvalue weighted by atomic mass is 10.1. The fourth-order valence-electron chi connectivity index (χ4n) is 1.72. The summed E-state index contributed by atoms with van der Waals surface area (Å²) in [5, 5.41) is 2.96. The zero-order valence-electron chi connectivity index (χ0n) is 11.1. The molecule has 1 atom stereocenters. The van der Waals surface area contributed by atoms with Crippen LogP contribution in [0.1, 0.15) is 24.5 Å². The highest BCUT2D eigenvalue weighted by atomic mass is 16.5. The number of rotatable bonds is 7. The molecule has 1 rings (SSSR count). The molecule has 1 amide bonds. The van der Waals surface area contributed by atoms with Gasteiger partial charge in [0.15, 0.2) is 0 Å². The number of hydrogen-bond donors (Lipinski definition) is 2. The van der Waals surface area contributed by atoms with E-state index in [0.29, 0.717) is 19.6 Å². The van der Waals surface area contributed by atoms with Crippen molar-refractivity contribution in [2.24, 2.45) is 5.73 Å². The van der Waals surface area contributed by atoms with Gasteiger partial charge in [-0.05, 0) is 17.5 Å². The Morgan fingerprint density at radius 1 is 1.33 bits per heavy atom. The van der Waals surface area contributed by atoms with Crippen LogP contribution in [-0.4, -0.2) is 25.7 Å². The van der Waals surface area contributed by atoms with Crippen LogP contribution in [0.25, 0.3) is 0 Å². The zero-order chi connectivity index (χ0) is 13.4. The van der Waals surface area contributed by atoms with Gasteiger partial charge in [-0.2, -0.15) is 0 Å². The van der Waals surface area contributed by atoms with E-state index in [1.54, 1.807) is 7.11 Å². The van der Waals surface area contributed by atoms with Gasteiger partial charge < -0.3 is 15.8 Å². The van der Waals surface area contributed by atoms with E-state index in [-0.39, 0.29) is 11.9 Å². The Hall–Kier alpha value is -1.39. The van der Waals surface area contributed by atoms with Crippen LogP contribution in [0.4, 0.5) is 0 Å². The molecule has 0 heterocycles. The number of carbonyl (C=O) groups excluding carboxylic acids is 1. The van der Waals surface area contributed by atoms with Crippen molar-refractivity contribution < 1.29 is 9.53 Å². The number of nitrogens with one attached hydrogen (secondary N) is 1. The molecule has 0 aliphatic carbocycles. The van der Waals surface area contributed by atoms with E-state index in [9.17, 15) is 4.79 Å². The fraction of sp³-hybridized carbons (Fsp3) is 0.500. The number of benzene rings is 1. The molecule has 1 unspecified atom stereocenters. The first-order valence-corrected chi connectivity index (χ1v) is 6.25. The van der Waals surface area contributed by atoms with Crippen LogP contribution in [0.3, 0.4) is 0 Å². The summed E-state index contributed by atoms with van der Waals surface area (Å²) in [6.45, 7) is 3.10. The molecule has 1 aromatic rings. The van der Waals surface area contributed by atoms with E-state index in [2.05, 4.69) is 5.32 Å². The molecule has 4 nitrogen and oxygen atoms in total. The van der Waals surface area contributed by atoms with Crippen molar-refractivity contribution in [3.8, 4) is 0 Å². The highest BCUT2D eigenvalue weighted by Gasteiger charge is 2.10. The second-order valence-corrected chi connectivity index (χ2v) is 4.33. The van der Waals surface area contributed by atoms with Gasteiger partial charge in [-0.3, -0.25) is 4.79 Å². The monoisotopic (exact) mass is 250 g/mol. The average molecular weight is 250 g/mol. The summed E-state index contributed by atoms with van der Waals surface area (Å²) in [5.74, 6) is 0.0272. The Bertz CT molecular complexity index is 363. The van der Waals surface area contributed by atoms with Crippen LogP contribution in [0.2, 0.25) is 0 Å². The number of nitrogens with two attached hydrogens (primary N) is 1. The van der Waals surface area contributed by atoms with Crippen molar-refractivity contribution in [1.82, 2.24) is 5.32 Å². The first-order chi connectivity index (χ1) is 8.69. The SMILES string of the molecule is CCC(COC)NC(=O)Cc1ccc(CN)cc1. The zero-order valence-corrected chi connectivity index (χ0v) is 11.1. The summed E-state index contributed by atoms with van der Waals surface area (Å²) in [7, 11) is 1.64. The normalized spacial score (nSPS) is 12.2. The van der Waals surface area contributed by atoms with Crippen LogP contribution >= 0.6 is 0 Å². The molecule has 0 bridgehead atoms. The molecular weight excluding hydrogens is 228 g/mol. The lowest BCUT2D eigenvalue weighted by Crippen LogP contribution is -2.38. The molecular formula is C14H22N2O2. The standard InChI is InChI=1S/C14H22N2O2/c1-3-13(10-18-2)16-14(17)8-11-4-6-12(9-15)7-5-11/h4-7,13H,3,8-10,15H2,1-2H3,(H,16,17). The van der Waals surface area contributed by atoms with Gasteiger partial charge in [-0.25, -0.2) is 0 Å². The summed E-state index contributed by atoms with van der Waals surface area (Å²) in [6, 6.07) is 7.88. The molecule has 0 saturated carbocycles. The van der Waals surface area contributed by atoms with Gasteiger partial charge in [0, 0.05) is 13.7 Å². The highest BCUT2D eigenvalue weighted by Crippen LogP contribution is 2.05. The fourth-order valence-corrected chi connectivity index (χ4v) is 1.72. The van der Waals surface area contributed by atoms with E-state index in [1.165, 1.54) is 0 Å². The maximum atomic E-state index is 11.8. The number of amides is 1. The number of ether oxygens (including phenoxy) is 1. The van der Waals surface area contributed by atoms with Crippen molar-refractivity contribution >= 4 is 5.91 Å². The van der Waals surface area contributed by atoms with Gasteiger partial charge in [0.25, 0.3) is 0 Å². The Labute approximate surface area is 109 Å². The summed E-state index contributed by atoms with van der Waals surface area (Å²) < 4.78 is 5.05. The van der Waals surface area contributed by atoms with E-state index >= 15 is 0 Å². The van der Waals surface area contributed by atoms with E-state index in [1.807, 2.05) is 31.2 Å². The first kappa shape index (κ1) is 14.7. The van der Waals surface area contributed by atoms with Crippen LogP contribution in [0.5, 0.6) is 0 Å². The van der Waals surface area contributed by atoms with E-state index < -0.39 is 0 Å². The molecule has 0 fully saturated rings. The number of methoxy groups -OCH3 is 1. The Morgan fingerprint density at radius 3 is 2.44 bits per heavy atom. The molecule has 0 spiro atoms. The summed E-state index contributed by atoms with van der Waals surface area (Å²) in [6.07, 6.45) is 1.26. The molecule has 0 aliphatic rings. The van der Waals surface area contributed by atoms with Gasteiger partial charge in [0.05, 0.1) is 19.1 Å². The third kappa shape index (κ3) is 4.85. The Morgan fingerprint density at radius 2 is 1.94 bits per heavy atom. The Kier molecular flexibility index (Phi) is 6.39. The lowest BCUT2D eigenvalue weighted by molar-refractivity contribution is -0.121. The van der Waals surface area contributed by atoms with Gasteiger partial charge in [0.2, 0.25) is 5.91 Å². The van der Waals surface area contributed by atoms with Crippen LogP contribution in [-0.2, 0) is 22.5 Å². The minimum absolute atomic E-state index is 0.0272. The van der Waals surface area contributed by atoms with Crippen LogP contribution in [0, 0.1) is 0 Å². The van der Waals surface area contributed by atoms with Crippen molar-refractivity contribution in [2.45, 2.75) is 32.4 Å². The molecule has 100 valence electrons. The van der Waals surface area contributed by atoms with E-state index in [4.69, 9.17) is 10.5 Å². The average Bonchev–Trinajstić information content (AvgIpc) is 2.39. The van der Waals surface area contributed by atoms with Gasteiger partial charge in [0.1, 0.15) is 0 Å². The smallest absolute Gasteiger partial charge is 0.224 e. The van der Waals surface area contributed by atoms with Crippen molar-refractivity contribution in [3.63, 3.8) is 0 Å². The molecule has 1 aromatic carbocycles. The van der Waals surface area contributed by atoms with Gasteiger partial charge in [-0.1, -0.05) is 31.2 Å². The Balaban J connectivity index is 2.47. The minimum atomic E-state index is 0.0272.